The molecule has 0 atom stereocenters. The van der Waals surface area contributed by atoms with Gasteiger partial charge >= 0.3 is 6.01 Å². The average molecular weight is 346 g/mol. The summed E-state index contributed by atoms with van der Waals surface area (Å²) in [5.41, 5.74) is 0.894. The molecule has 2 heterocycles. The van der Waals surface area contributed by atoms with E-state index in [0.717, 1.165) is 30.6 Å². The van der Waals surface area contributed by atoms with Crippen LogP contribution in [0, 0.1) is 5.82 Å². The predicted octanol–water partition coefficient (Wildman–Crippen LogP) is 2.20. The van der Waals surface area contributed by atoms with E-state index in [1.807, 2.05) is 29.2 Å². The van der Waals surface area contributed by atoms with Gasteiger partial charge in [-0.1, -0.05) is 12.1 Å². The summed E-state index contributed by atoms with van der Waals surface area (Å²) in [6, 6.07) is 7.51. The van der Waals surface area contributed by atoms with Gasteiger partial charge in [0.05, 0.1) is 32.9 Å². The topological polar surface area (TPSA) is 69.1 Å². The van der Waals surface area contributed by atoms with Crippen LogP contribution >= 0.6 is 0 Å². The van der Waals surface area contributed by atoms with Crippen LogP contribution in [0.1, 0.15) is 5.56 Å². The summed E-state index contributed by atoms with van der Waals surface area (Å²) in [6.45, 7) is 2.95. The van der Waals surface area contributed by atoms with Crippen LogP contribution in [0.25, 0.3) is 0 Å². The predicted molar refractivity (Wildman–Crippen MR) is 89.9 cm³/mol. The molecule has 1 aromatic heterocycles. The van der Waals surface area contributed by atoms with Crippen molar-refractivity contribution in [2.24, 2.45) is 4.99 Å². The third kappa shape index (κ3) is 4.87. The van der Waals surface area contributed by atoms with Gasteiger partial charge in [-0.3, -0.25) is 0 Å². The van der Waals surface area contributed by atoms with Crippen molar-refractivity contribution in [3.05, 3.63) is 41.8 Å². The molecular formula is C17H19FN4O3. The molecule has 0 amide bonds. The van der Waals surface area contributed by atoms with Gasteiger partial charge in [0.2, 0.25) is 0 Å². The number of aromatic nitrogens is 2. The normalized spacial score (nSPS) is 14.7. The van der Waals surface area contributed by atoms with Gasteiger partial charge in [-0.05, 0) is 17.7 Å². The minimum Gasteiger partial charge on any atom is -0.497 e. The molecule has 1 fully saturated rings. The highest BCUT2D eigenvalue weighted by atomic mass is 19.1. The number of morpholine rings is 1. The maximum atomic E-state index is 13.8. The molecule has 0 saturated carbocycles. The largest absolute Gasteiger partial charge is 0.497 e. The molecule has 1 aromatic carbocycles. The summed E-state index contributed by atoms with van der Waals surface area (Å²) in [5, 5.41) is 0. The van der Waals surface area contributed by atoms with Crippen LogP contribution < -0.4 is 9.47 Å². The number of nitrogens with zero attached hydrogens (tertiary/aromatic N) is 4. The zero-order valence-electron chi connectivity index (χ0n) is 13.9. The maximum Gasteiger partial charge on any atom is 0.318 e. The second-order valence-electron chi connectivity index (χ2n) is 5.36. The van der Waals surface area contributed by atoms with Crippen LogP contribution in [0.15, 0.2) is 35.5 Å². The summed E-state index contributed by atoms with van der Waals surface area (Å²) >= 11 is 0. The third-order valence-electron chi connectivity index (χ3n) is 3.59. The van der Waals surface area contributed by atoms with Crippen molar-refractivity contribution in [1.82, 2.24) is 14.9 Å². The Hall–Kier alpha value is -2.74. The minimum absolute atomic E-state index is 0.0536. The van der Waals surface area contributed by atoms with Crippen LogP contribution in [0.5, 0.6) is 11.8 Å². The minimum atomic E-state index is -0.599. The van der Waals surface area contributed by atoms with Crippen molar-refractivity contribution in [3.63, 3.8) is 0 Å². The molecule has 7 nitrogen and oxygen atoms in total. The molecule has 0 bridgehead atoms. The number of hydrogen-bond donors (Lipinski definition) is 0. The molecule has 2 aromatic rings. The van der Waals surface area contributed by atoms with E-state index in [1.165, 1.54) is 0 Å². The molecular weight excluding hydrogens is 327 g/mol. The van der Waals surface area contributed by atoms with Crippen molar-refractivity contribution in [2.75, 3.05) is 33.4 Å². The summed E-state index contributed by atoms with van der Waals surface area (Å²) in [5.74, 6) is 0.0808. The second kappa shape index (κ2) is 8.39. The lowest BCUT2D eigenvalue weighted by molar-refractivity contribution is 0.0701. The Labute approximate surface area is 145 Å². The van der Waals surface area contributed by atoms with Crippen LogP contribution in [0.4, 0.5) is 10.2 Å². The SMILES string of the molecule is COc1cccc(COc2ncc(F)c(N=CN3CCOCC3)n2)c1. The number of halogens is 1. The van der Waals surface area contributed by atoms with Gasteiger partial charge in [0.1, 0.15) is 12.4 Å². The second-order valence-corrected chi connectivity index (χ2v) is 5.36. The molecule has 8 heteroatoms. The Morgan fingerprint density at radius 1 is 1.36 bits per heavy atom. The quantitative estimate of drug-likeness (QED) is 0.590. The van der Waals surface area contributed by atoms with Gasteiger partial charge in [0, 0.05) is 13.1 Å². The van der Waals surface area contributed by atoms with E-state index in [2.05, 4.69) is 15.0 Å². The lowest BCUT2D eigenvalue weighted by Crippen LogP contribution is -2.35. The van der Waals surface area contributed by atoms with E-state index in [9.17, 15) is 4.39 Å². The first-order valence-electron chi connectivity index (χ1n) is 7.89. The van der Waals surface area contributed by atoms with E-state index in [1.54, 1.807) is 13.4 Å². The van der Waals surface area contributed by atoms with E-state index in [4.69, 9.17) is 14.2 Å². The van der Waals surface area contributed by atoms with E-state index in [-0.39, 0.29) is 18.4 Å². The fraction of sp³-hybridized carbons (Fsp3) is 0.353. The average Bonchev–Trinajstić information content (AvgIpc) is 2.67. The molecule has 0 aliphatic carbocycles. The monoisotopic (exact) mass is 346 g/mol. The number of rotatable bonds is 6. The fourth-order valence-corrected chi connectivity index (χ4v) is 2.24. The Morgan fingerprint density at radius 3 is 3.00 bits per heavy atom. The zero-order valence-corrected chi connectivity index (χ0v) is 13.9. The highest BCUT2D eigenvalue weighted by Gasteiger charge is 2.10. The fourth-order valence-electron chi connectivity index (χ4n) is 2.24. The van der Waals surface area contributed by atoms with Gasteiger partial charge in [0.15, 0.2) is 11.6 Å². The lowest BCUT2D eigenvalue weighted by atomic mass is 10.2. The molecule has 3 rings (SSSR count). The maximum absolute atomic E-state index is 13.8. The molecule has 132 valence electrons. The van der Waals surface area contributed by atoms with Gasteiger partial charge in [-0.2, -0.15) is 4.98 Å². The Bertz CT molecular complexity index is 736. The Morgan fingerprint density at radius 2 is 2.20 bits per heavy atom. The third-order valence-corrected chi connectivity index (χ3v) is 3.59. The number of aliphatic imine (C=N–C) groups is 1. The van der Waals surface area contributed by atoms with Crippen molar-refractivity contribution < 1.29 is 18.6 Å². The summed E-state index contributed by atoms with van der Waals surface area (Å²) in [7, 11) is 1.60. The first-order valence-corrected chi connectivity index (χ1v) is 7.89. The first kappa shape index (κ1) is 17.1. The molecule has 1 aliphatic rings. The van der Waals surface area contributed by atoms with Crippen molar-refractivity contribution >= 4 is 12.2 Å². The lowest BCUT2D eigenvalue weighted by Gasteiger charge is -2.23. The summed E-state index contributed by atoms with van der Waals surface area (Å²) < 4.78 is 29.8. The summed E-state index contributed by atoms with van der Waals surface area (Å²) in [6.07, 6.45) is 2.62. The molecule has 0 unspecified atom stereocenters. The van der Waals surface area contributed by atoms with Crippen molar-refractivity contribution in [3.8, 4) is 11.8 Å². The molecule has 1 saturated heterocycles. The zero-order chi connectivity index (χ0) is 17.5. The van der Waals surface area contributed by atoms with E-state index < -0.39 is 5.82 Å². The Kier molecular flexibility index (Phi) is 5.73. The van der Waals surface area contributed by atoms with Crippen LogP contribution in [-0.2, 0) is 11.3 Å². The van der Waals surface area contributed by atoms with E-state index >= 15 is 0 Å². The summed E-state index contributed by atoms with van der Waals surface area (Å²) in [4.78, 5) is 13.9. The molecule has 0 N–H and O–H groups in total. The molecule has 0 spiro atoms. The van der Waals surface area contributed by atoms with Gasteiger partial charge in [-0.15, -0.1) is 0 Å². The van der Waals surface area contributed by atoms with Gasteiger partial charge in [-0.25, -0.2) is 14.4 Å². The van der Waals surface area contributed by atoms with Gasteiger partial charge in [0.25, 0.3) is 0 Å². The highest BCUT2D eigenvalue weighted by molar-refractivity contribution is 5.60. The highest BCUT2D eigenvalue weighted by Crippen LogP contribution is 2.18. The number of benzene rings is 1. The molecule has 1 aliphatic heterocycles. The van der Waals surface area contributed by atoms with Crippen LogP contribution in [-0.4, -0.2) is 54.6 Å². The van der Waals surface area contributed by atoms with Crippen LogP contribution in [0.3, 0.4) is 0 Å². The van der Waals surface area contributed by atoms with E-state index in [0.29, 0.717) is 13.2 Å². The molecule has 0 radical (unpaired) electrons. The van der Waals surface area contributed by atoms with Crippen LogP contribution in [0.2, 0.25) is 0 Å². The van der Waals surface area contributed by atoms with Gasteiger partial charge < -0.3 is 19.1 Å². The van der Waals surface area contributed by atoms with Crippen molar-refractivity contribution in [1.29, 1.82) is 0 Å². The Balaban J connectivity index is 1.65. The standard InChI is InChI=1S/C17H19FN4O3/c1-23-14-4-2-3-13(9-14)11-25-17-19-10-15(18)16(21-17)20-12-22-5-7-24-8-6-22/h2-4,9-10,12H,5-8,11H2,1H3. The number of hydrogen-bond acceptors (Lipinski definition) is 6. The molecule has 25 heavy (non-hydrogen) atoms. The van der Waals surface area contributed by atoms with Crippen molar-refractivity contribution in [2.45, 2.75) is 6.61 Å². The number of ether oxygens (including phenoxy) is 3. The first-order chi connectivity index (χ1) is 12.2. The number of methoxy groups -OCH3 is 1. The smallest absolute Gasteiger partial charge is 0.318 e.